The Labute approximate surface area is 265 Å². The van der Waals surface area contributed by atoms with Crippen LogP contribution in [0, 0.1) is 5.92 Å². The molecule has 0 bridgehead atoms. The lowest BCUT2D eigenvalue weighted by molar-refractivity contribution is 0.659. The van der Waals surface area contributed by atoms with Crippen molar-refractivity contribution in [2.45, 2.75) is 39.0 Å². The van der Waals surface area contributed by atoms with E-state index in [1.807, 2.05) is 44.3 Å². The van der Waals surface area contributed by atoms with E-state index in [2.05, 4.69) is 110 Å². The summed E-state index contributed by atoms with van der Waals surface area (Å²) in [5, 5.41) is 1.16. The Morgan fingerprint density at radius 3 is 2.36 bits per heavy atom. The number of nitrogens with zero attached hydrogens (tertiary/aromatic N) is 4. The first-order valence-electron chi connectivity index (χ1n) is 15.9. The largest absolute Gasteiger partial charge is 0.256 e. The lowest BCUT2D eigenvalue weighted by atomic mass is 9.80. The van der Waals surface area contributed by atoms with Gasteiger partial charge >= 0.3 is 0 Å². The van der Waals surface area contributed by atoms with E-state index in [1.165, 1.54) is 27.8 Å². The fourth-order valence-corrected chi connectivity index (χ4v) is 6.66. The van der Waals surface area contributed by atoms with E-state index in [0.717, 1.165) is 34.3 Å². The molecule has 3 aliphatic rings. The predicted octanol–water partition coefficient (Wildman–Crippen LogP) is 9.85. The molecule has 220 valence electrons. The van der Waals surface area contributed by atoms with Crippen molar-refractivity contribution in [1.82, 2.24) is 19.9 Å². The Balaban J connectivity index is 0.00000160. The smallest absolute Gasteiger partial charge is 0.163 e. The van der Waals surface area contributed by atoms with Crippen molar-refractivity contribution in [3.8, 4) is 22.5 Å². The molecule has 0 aliphatic heterocycles. The van der Waals surface area contributed by atoms with Gasteiger partial charge in [0.1, 0.15) is 5.82 Å². The molecule has 0 radical (unpaired) electrons. The number of benzene rings is 3. The van der Waals surface area contributed by atoms with Crippen LogP contribution in [0.1, 0.15) is 55.4 Å². The van der Waals surface area contributed by atoms with E-state index in [1.54, 1.807) is 0 Å². The van der Waals surface area contributed by atoms with Gasteiger partial charge in [0, 0.05) is 40.1 Å². The maximum Gasteiger partial charge on any atom is 0.163 e. The van der Waals surface area contributed by atoms with Crippen molar-refractivity contribution in [2.75, 3.05) is 0 Å². The summed E-state index contributed by atoms with van der Waals surface area (Å²) < 4.78 is 0. The molecule has 0 fully saturated rings. The SMILES string of the molecule is CC.CC1C=CC=C(c2nc(-c3ccccc3)nc(C3C=CC=C4Cc5c(-c6cccc7cccnc67)cccc5C43)n2)C=C1. The lowest BCUT2D eigenvalue weighted by Crippen LogP contribution is -2.16. The molecule has 3 atom stereocenters. The van der Waals surface area contributed by atoms with Crippen molar-refractivity contribution < 1.29 is 0 Å². The predicted molar refractivity (Wildman–Crippen MR) is 186 cm³/mol. The highest BCUT2D eigenvalue weighted by Crippen LogP contribution is 2.51. The zero-order valence-electron chi connectivity index (χ0n) is 25.9. The first-order chi connectivity index (χ1) is 22.2. The van der Waals surface area contributed by atoms with Crippen LogP contribution in [-0.2, 0) is 6.42 Å². The van der Waals surface area contributed by atoms with Crippen molar-refractivity contribution >= 4 is 16.5 Å². The van der Waals surface area contributed by atoms with Gasteiger partial charge in [0.05, 0.1) is 5.52 Å². The number of fused-ring (bicyclic) bond motifs is 4. The molecule has 3 aromatic carbocycles. The molecular weight excluding hydrogens is 548 g/mol. The summed E-state index contributed by atoms with van der Waals surface area (Å²) in [5.41, 5.74) is 9.58. The molecule has 0 saturated heterocycles. The third kappa shape index (κ3) is 5.38. The lowest BCUT2D eigenvalue weighted by Gasteiger charge is -2.25. The molecule has 4 nitrogen and oxygen atoms in total. The highest BCUT2D eigenvalue weighted by atomic mass is 15.0. The molecule has 4 heteroatoms. The zero-order valence-corrected chi connectivity index (χ0v) is 25.9. The van der Waals surface area contributed by atoms with Crippen LogP contribution in [0.4, 0.5) is 0 Å². The number of hydrogen-bond donors (Lipinski definition) is 0. The van der Waals surface area contributed by atoms with Gasteiger partial charge < -0.3 is 0 Å². The summed E-state index contributed by atoms with van der Waals surface area (Å²) in [5.74, 6) is 2.73. The minimum Gasteiger partial charge on any atom is -0.256 e. The third-order valence-corrected chi connectivity index (χ3v) is 8.75. The maximum atomic E-state index is 5.16. The molecule has 45 heavy (non-hydrogen) atoms. The first kappa shape index (κ1) is 28.5. The van der Waals surface area contributed by atoms with E-state index in [0.29, 0.717) is 17.6 Å². The van der Waals surface area contributed by atoms with Gasteiger partial charge in [-0.25, -0.2) is 15.0 Å². The summed E-state index contributed by atoms with van der Waals surface area (Å²) in [6.07, 6.45) is 20.2. The molecule has 2 aromatic heterocycles. The highest BCUT2D eigenvalue weighted by molar-refractivity contribution is 5.95. The van der Waals surface area contributed by atoms with Crippen LogP contribution in [0.25, 0.3) is 39.0 Å². The molecule has 3 aliphatic carbocycles. The normalized spacial score (nSPS) is 19.6. The van der Waals surface area contributed by atoms with Crippen LogP contribution >= 0.6 is 0 Å². The average Bonchev–Trinajstić information content (AvgIpc) is 3.36. The second kappa shape index (κ2) is 12.4. The summed E-state index contributed by atoms with van der Waals surface area (Å²) in [4.78, 5) is 20.0. The van der Waals surface area contributed by atoms with Crippen molar-refractivity contribution in [1.29, 1.82) is 0 Å². The van der Waals surface area contributed by atoms with E-state index >= 15 is 0 Å². The van der Waals surface area contributed by atoms with Gasteiger partial charge in [-0.3, -0.25) is 4.98 Å². The van der Waals surface area contributed by atoms with E-state index < -0.39 is 0 Å². The summed E-state index contributed by atoms with van der Waals surface area (Å²) >= 11 is 0. The van der Waals surface area contributed by atoms with Crippen LogP contribution in [-0.4, -0.2) is 19.9 Å². The van der Waals surface area contributed by atoms with Gasteiger partial charge in [0.2, 0.25) is 0 Å². The number of hydrogen-bond acceptors (Lipinski definition) is 4. The second-order valence-corrected chi connectivity index (χ2v) is 11.5. The Kier molecular flexibility index (Phi) is 7.87. The molecule has 0 saturated carbocycles. The third-order valence-electron chi connectivity index (χ3n) is 8.75. The monoisotopic (exact) mass is 584 g/mol. The summed E-state index contributed by atoms with van der Waals surface area (Å²) in [6, 6.07) is 27.6. The van der Waals surface area contributed by atoms with Crippen LogP contribution in [0.5, 0.6) is 0 Å². The number of pyridine rings is 1. The van der Waals surface area contributed by atoms with E-state index in [-0.39, 0.29) is 11.8 Å². The Morgan fingerprint density at radius 2 is 1.47 bits per heavy atom. The number of rotatable bonds is 4. The molecule has 0 amide bonds. The van der Waals surface area contributed by atoms with Crippen LogP contribution in [0.2, 0.25) is 0 Å². The highest BCUT2D eigenvalue weighted by Gasteiger charge is 2.38. The minimum atomic E-state index is -0.00354. The fourth-order valence-electron chi connectivity index (χ4n) is 6.66. The molecule has 8 rings (SSSR count). The van der Waals surface area contributed by atoms with E-state index in [9.17, 15) is 0 Å². The molecule has 0 spiro atoms. The minimum absolute atomic E-state index is 0.00354. The maximum absolute atomic E-state index is 5.16. The van der Waals surface area contributed by atoms with Gasteiger partial charge in [-0.15, -0.1) is 0 Å². The van der Waals surface area contributed by atoms with Crippen molar-refractivity contribution in [3.63, 3.8) is 0 Å². The van der Waals surface area contributed by atoms with Crippen LogP contribution < -0.4 is 0 Å². The van der Waals surface area contributed by atoms with Crippen molar-refractivity contribution in [3.05, 3.63) is 162 Å². The Hall–Kier alpha value is -5.22. The van der Waals surface area contributed by atoms with Crippen LogP contribution in [0.15, 0.2) is 139 Å². The second-order valence-electron chi connectivity index (χ2n) is 11.5. The standard InChI is InChI=1S/C39H30N4.C2H6/c1-25-10-5-14-28(22-21-25)38-41-37(27-11-3-2-4-12-27)42-39(43-38)33-20-7-15-29-24-34-30(17-8-18-31(34)35(29)33)32-19-6-13-26-16-9-23-40-36(26)32;1-2/h2-23,25,33,35H,24H2,1H3;1-2H3. The Bertz CT molecular complexity index is 2020. The van der Waals surface area contributed by atoms with Gasteiger partial charge in [-0.05, 0) is 35.1 Å². The fraction of sp³-hybridized carbons (Fsp3) is 0.171. The summed E-state index contributed by atoms with van der Waals surface area (Å²) in [7, 11) is 0. The number of para-hydroxylation sites is 1. The first-order valence-corrected chi connectivity index (χ1v) is 15.9. The molecule has 0 N–H and O–H groups in total. The molecule has 5 aromatic rings. The van der Waals surface area contributed by atoms with E-state index in [4.69, 9.17) is 19.9 Å². The van der Waals surface area contributed by atoms with Crippen LogP contribution in [0.3, 0.4) is 0 Å². The van der Waals surface area contributed by atoms with Gasteiger partial charge in [0.25, 0.3) is 0 Å². The van der Waals surface area contributed by atoms with Crippen molar-refractivity contribution in [2.24, 2.45) is 5.92 Å². The average molecular weight is 585 g/mol. The number of aromatic nitrogens is 4. The van der Waals surface area contributed by atoms with Gasteiger partial charge in [0.15, 0.2) is 11.6 Å². The molecular formula is C41H36N4. The quantitative estimate of drug-likeness (QED) is 0.211. The van der Waals surface area contributed by atoms with Gasteiger partial charge in [-0.1, -0.05) is 148 Å². The Morgan fingerprint density at radius 1 is 0.689 bits per heavy atom. The zero-order chi connectivity index (χ0) is 30.8. The van der Waals surface area contributed by atoms with Gasteiger partial charge in [-0.2, -0.15) is 0 Å². The molecule has 3 unspecified atom stereocenters. The molecule has 2 heterocycles. The topological polar surface area (TPSA) is 51.6 Å². The number of allylic oxidation sites excluding steroid dienone is 10. The summed E-state index contributed by atoms with van der Waals surface area (Å²) in [6.45, 7) is 6.18.